The van der Waals surface area contributed by atoms with Gasteiger partial charge in [0.15, 0.2) is 11.5 Å². The van der Waals surface area contributed by atoms with Gasteiger partial charge in [0.1, 0.15) is 5.54 Å². The zero-order valence-corrected chi connectivity index (χ0v) is 11.9. The fraction of sp³-hybridized carbons (Fsp3) is 0.500. The van der Waals surface area contributed by atoms with Gasteiger partial charge in [-0.25, -0.2) is 0 Å². The average molecular weight is 266 g/mol. The highest BCUT2D eigenvalue weighted by Gasteiger charge is 2.33. The maximum atomic E-state index is 11.8. The molecule has 0 aliphatic carbocycles. The third-order valence-electron chi connectivity index (χ3n) is 3.11. The molecule has 19 heavy (non-hydrogen) atoms. The van der Waals surface area contributed by atoms with Crippen molar-refractivity contribution in [2.75, 3.05) is 13.7 Å². The van der Waals surface area contributed by atoms with Crippen LogP contribution < -0.4 is 15.8 Å². The van der Waals surface area contributed by atoms with Gasteiger partial charge in [-0.3, -0.25) is 10.1 Å². The number of carbonyl (C=O) groups is 1. The van der Waals surface area contributed by atoms with E-state index >= 15 is 0 Å². The molecule has 5 heteroatoms. The van der Waals surface area contributed by atoms with E-state index in [1.165, 1.54) is 13.2 Å². The smallest absolute Gasteiger partial charge is 0.242 e. The SMILES string of the molecule is COc1cc(C(C)(NCC(C)C)C(N)=O)ccc1O. The third-order valence-corrected chi connectivity index (χ3v) is 3.11. The normalized spacial score (nSPS) is 14.2. The number of amides is 1. The Morgan fingerprint density at radius 2 is 2.16 bits per heavy atom. The monoisotopic (exact) mass is 266 g/mol. The molecule has 1 atom stereocenters. The fourth-order valence-corrected chi connectivity index (χ4v) is 1.73. The lowest BCUT2D eigenvalue weighted by Gasteiger charge is -2.29. The molecule has 0 heterocycles. The number of phenolic OH excluding ortho intramolecular Hbond substituents is 1. The summed E-state index contributed by atoms with van der Waals surface area (Å²) in [6.45, 7) is 6.48. The molecule has 0 saturated heterocycles. The van der Waals surface area contributed by atoms with Gasteiger partial charge in [-0.2, -0.15) is 0 Å². The minimum atomic E-state index is -0.995. The van der Waals surface area contributed by atoms with Gasteiger partial charge in [0.2, 0.25) is 5.91 Å². The Morgan fingerprint density at radius 1 is 1.53 bits per heavy atom. The number of benzene rings is 1. The van der Waals surface area contributed by atoms with Crippen LogP contribution in [0.4, 0.5) is 0 Å². The maximum Gasteiger partial charge on any atom is 0.242 e. The maximum absolute atomic E-state index is 11.8. The molecule has 0 aromatic heterocycles. The second kappa shape index (κ2) is 5.93. The number of hydrogen-bond donors (Lipinski definition) is 3. The second-order valence-corrected chi connectivity index (χ2v) is 5.15. The summed E-state index contributed by atoms with van der Waals surface area (Å²) in [4.78, 5) is 11.8. The van der Waals surface area contributed by atoms with Crippen LogP contribution in [0.25, 0.3) is 0 Å². The van der Waals surface area contributed by atoms with E-state index in [9.17, 15) is 9.90 Å². The molecule has 1 aromatic rings. The summed E-state index contributed by atoms with van der Waals surface area (Å²) in [5, 5.41) is 12.8. The molecular formula is C14H22N2O3. The van der Waals surface area contributed by atoms with E-state index < -0.39 is 11.4 Å². The van der Waals surface area contributed by atoms with Crippen LogP contribution in [0.3, 0.4) is 0 Å². The Labute approximate surface area is 113 Å². The predicted molar refractivity (Wildman–Crippen MR) is 74.0 cm³/mol. The lowest BCUT2D eigenvalue weighted by atomic mass is 9.90. The molecule has 1 unspecified atom stereocenters. The number of nitrogens with two attached hydrogens (primary N) is 1. The lowest BCUT2D eigenvalue weighted by Crippen LogP contribution is -2.51. The highest BCUT2D eigenvalue weighted by Crippen LogP contribution is 2.31. The molecule has 0 aliphatic rings. The van der Waals surface area contributed by atoms with Crippen LogP contribution >= 0.6 is 0 Å². The summed E-state index contributed by atoms with van der Waals surface area (Å²) in [5.41, 5.74) is 5.18. The van der Waals surface area contributed by atoms with Crippen molar-refractivity contribution in [3.05, 3.63) is 23.8 Å². The van der Waals surface area contributed by atoms with E-state index in [1.807, 2.05) is 13.8 Å². The van der Waals surface area contributed by atoms with Gasteiger partial charge in [0.25, 0.3) is 0 Å². The molecule has 1 rings (SSSR count). The summed E-state index contributed by atoms with van der Waals surface area (Å²) >= 11 is 0. The van der Waals surface area contributed by atoms with Gasteiger partial charge in [-0.15, -0.1) is 0 Å². The Kier molecular flexibility index (Phi) is 4.78. The molecule has 1 amide bonds. The van der Waals surface area contributed by atoms with E-state index in [0.29, 0.717) is 23.8 Å². The zero-order chi connectivity index (χ0) is 14.6. The van der Waals surface area contributed by atoms with Crippen molar-refractivity contribution in [3.63, 3.8) is 0 Å². The van der Waals surface area contributed by atoms with Gasteiger partial charge < -0.3 is 15.6 Å². The molecular weight excluding hydrogens is 244 g/mol. The number of aromatic hydroxyl groups is 1. The topological polar surface area (TPSA) is 84.6 Å². The van der Waals surface area contributed by atoms with E-state index in [2.05, 4.69) is 5.32 Å². The number of ether oxygens (including phenoxy) is 1. The first-order valence-electron chi connectivity index (χ1n) is 6.23. The molecule has 0 fully saturated rings. The first-order chi connectivity index (χ1) is 8.81. The largest absolute Gasteiger partial charge is 0.504 e. The standard InChI is InChI=1S/C14H22N2O3/c1-9(2)8-16-14(3,13(15)18)10-5-6-11(17)12(7-10)19-4/h5-7,9,16-17H,8H2,1-4H3,(H2,15,18). The van der Waals surface area contributed by atoms with Crippen molar-refractivity contribution in [2.45, 2.75) is 26.3 Å². The van der Waals surface area contributed by atoms with Crippen molar-refractivity contribution < 1.29 is 14.6 Å². The van der Waals surface area contributed by atoms with Crippen molar-refractivity contribution in [2.24, 2.45) is 11.7 Å². The number of rotatable bonds is 6. The Hall–Kier alpha value is -1.75. The molecule has 1 aromatic carbocycles. The first-order valence-corrected chi connectivity index (χ1v) is 6.23. The van der Waals surface area contributed by atoms with E-state index in [-0.39, 0.29) is 5.75 Å². The van der Waals surface area contributed by atoms with Gasteiger partial charge in [-0.1, -0.05) is 19.9 Å². The molecule has 0 radical (unpaired) electrons. The summed E-state index contributed by atoms with van der Waals surface area (Å²) in [7, 11) is 1.46. The summed E-state index contributed by atoms with van der Waals surface area (Å²) in [6, 6.07) is 4.77. The van der Waals surface area contributed by atoms with Gasteiger partial charge >= 0.3 is 0 Å². The minimum Gasteiger partial charge on any atom is -0.504 e. The quantitative estimate of drug-likeness (QED) is 0.725. The molecule has 4 N–H and O–H groups in total. The molecule has 106 valence electrons. The first kappa shape index (κ1) is 15.3. The van der Waals surface area contributed by atoms with Crippen molar-refractivity contribution >= 4 is 5.91 Å². The average Bonchev–Trinajstić information content (AvgIpc) is 2.36. The zero-order valence-electron chi connectivity index (χ0n) is 11.9. The fourth-order valence-electron chi connectivity index (χ4n) is 1.73. The highest BCUT2D eigenvalue weighted by molar-refractivity contribution is 5.86. The molecule has 0 saturated carbocycles. The number of phenols is 1. The Morgan fingerprint density at radius 3 is 2.63 bits per heavy atom. The third kappa shape index (κ3) is 3.38. The van der Waals surface area contributed by atoms with Crippen LogP contribution in [0.15, 0.2) is 18.2 Å². The van der Waals surface area contributed by atoms with E-state index in [0.717, 1.165) is 0 Å². The Balaban J connectivity index is 3.15. The van der Waals surface area contributed by atoms with Crippen LogP contribution in [0, 0.1) is 5.92 Å². The van der Waals surface area contributed by atoms with Gasteiger partial charge in [0, 0.05) is 0 Å². The Bertz CT molecular complexity index is 460. The lowest BCUT2D eigenvalue weighted by molar-refractivity contribution is -0.124. The number of nitrogens with one attached hydrogen (secondary N) is 1. The highest BCUT2D eigenvalue weighted by atomic mass is 16.5. The van der Waals surface area contributed by atoms with E-state index in [4.69, 9.17) is 10.5 Å². The van der Waals surface area contributed by atoms with Crippen LogP contribution in [0.1, 0.15) is 26.3 Å². The number of carbonyl (C=O) groups excluding carboxylic acids is 1. The van der Waals surface area contributed by atoms with Crippen LogP contribution in [0.2, 0.25) is 0 Å². The predicted octanol–water partition coefficient (Wildman–Crippen LogP) is 1.35. The molecule has 0 aliphatic heterocycles. The van der Waals surface area contributed by atoms with Crippen LogP contribution in [-0.2, 0) is 10.3 Å². The summed E-state index contributed by atoms with van der Waals surface area (Å²) in [5.74, 6) is 0.261. The summed E-state index contributed by atoms with van der Waals surface area (Å²) in [6.07, 6.45) is 0. The van der Waals surface area contributed by atoms with Crippen molar-refractivity contribution in [1.82, 2.24) is 5.32 Å². The van der Waals surface area contributed by atoms with Crippen LogP contribution in [0.5, 0.6) is 11.5 Å². The number of primary amides is 1. The molecule has 5 nitrogen and oxygen atoms in total. The van der Waals surface area contributed by atoms with E-state index in [1.54, 1.807) is 19.1 Å². The second-order valence-electron chi connectivity index (χ2n) is 5.15. The van der Waals surface area contributed by atoms with Crippen molar-refractivity contribution in [1.29, 1.82) is 0 Å². The minimum absolute atomic E-state index is 0.0296. The van der Waals surface area contributed by atoms with Gasteiger partial charge in [0.05, 0.1) is 7.11 Å². The van der Waals surface area contributed by atoms with Gasteiger partial charge in [-0.05, 0) is 37.1 Å². The van der Waals surface area contributed by atoms with Crippen LogP contribution in [-0.4, -0.2) is 24.7 Å². The molecule has 0 bridgehead atoms. The number of hydrogen-bond acceptors (Lipinski definition) is 4. The molecule has 0 spiro atoms. The number of methoxy groups -OCH3 is 1. The summed E-state index contributed by atoms with van der Waals surface area (Å²) < 4.78 is 5.06. The van der Waals surface area contributed by atoms with Crippen molar-refractivity contribution in [3.8, 4) is 11.5 Å².